The predicted octanol–water partition coefficient (Wildman–Crippen LogP) is 1.90. The van der Waals surface area contributed by atoms with Gasteiger partial charge in [-0.2, -0.15) is 0 Å². The maximum Gasteiger partial charge on any atom is 0.123 e. The monoisotopic (exact) mass is 265 g/mol. The van der Waals surface area contributed by atoms with E-state index in [1.807, 2.05) is 6.07 Å². The number of methoxy groups -OCH3 is 2. The van der Waals surface area contributed by atoms with Crippen molar-refractivity contribution in [2.24, 2.45) is 0 Å². The Morgan fingerprint density at radius 1 is 1.37 bits per heavy atom. The van der Waals surface area contributed by atoms with E-state index in [-0.39, 0.29) is 5.60 Å². The second-order valence-corrected chi connectivity index (χ2v) is 5.11. The largest absolute Gasteiger partial charge is 0.496 e. The summed E-state index contributed by atoms with van der Waals surface area (Å²) in [6.45, 7) is 5.10. The Balaban J connectivity index is 1.93. The second-order valence-electron chi connectivity index (χ2n) is 5.11. The van der Waals surface area contributed by atoms with Crippen molar-refractivity contribution in [3.63, 3.8) is 0 Å². The van der Waals surface area contributed by atoms with Crippen LogP contribution in [0, 0.1) is 6.92 Å². The number of ether oxygens (including phenoxy) is 3. The van der Waals surface area contributed by atoms with Crippen LogP contribution in [0.15, 0.2) is 18.2 Å². The van der Waals surface area contributed by atoms with Crippen LogP contribution in [-0.2, 0) is 16.0 Å². The summed E-state index contributed by atoms with van der Waals surface area (Å²) in [4.78, 5) is 0. The zero-order valence-electron chi connectivity index (χ0n) is 12.0. The third-order valence-electron chi connectivity index (χ3n) is 3.70. The Hall–Kier alpha value is -1.10. The minimum atomic E-state index is -0.170. The second kappa shape index (κ2) is 6.37. The van der Waals surface area contributed by atoms with Gasteiger partial charge in [-0.1, -0.05) is 17.7 Å². The number of hydrogen-bond donors (Lipinski definition) is 1. The smallest absolute Gasteiger partial charge is 0.123 e. The number of benzene rings is 1. The highest BCUT2D eigenvalue weighted by molar-refractivity contribution is 5.36. The molecule has 0 aromatic heterocycles. The molecule has 1 fully saturated rings. The molecule has 2 rings (SSSR count). The summed E-state index contributed by atoms with van der Waals surface area (Å²) in [6, 6.07) is 6.22. The van der Waals surface area contributed by atoms with Gasteiger partial charge in [0, 0.05) is 38.8 Å². The molecule has 1 aliphatic heterocycles. The van der Waals surface area contributed by atoms with E-state index in [0.29, 0.717) is 6.61 Å². The molecule has 0 aliphatic carbocycles. The first-order valence-electron chi connectivity index (χ1n) is 6.66. The molecule has 0 bridgehead atoms. The summed E-state index contributed by atoms with van der Waals surface area (Å²) in [5.41, 5.74) is 2.24. The third-order valence-corrected chi connectivity index (χ3v) is 3.70. The first-order valence-corrected chi connectivity index (χ1v) is 6.66. The molecule has 0 spiro atoms. The Bertz CT molecular complexity index is 414. The topological polar surface area (TPSA) is 39.7 Å². The average molecular weight is 265 g/mol. The zero-order chi connectivity index (χ0) is 13.7. The SMILES string of the molecule is COc1ccc(C)cc1CNCC1(OC)CCOC1. The maximum absolute atomic E-state index is 5.60. The lowest BCUT2D eigenvalue weighted by Crippen LogP contribution is -2.42. The summed E-state index contributed by atoms with van der Waals surface area (Å²) in [5.74, 6) is 0.923. The first kappa shape index (κ1) is 14.3. The molecule has 1 heterocycles. The predicted molar refractivity (Wildman–Crippen MR) is 74.6 cm³/mol. The van der Waals surface area contributed by atoms with Crippen molar-refractivity contribution in [3.05, 3.63) is 29.3 Å². The van der Waals surface area contributed by atoms with Crippen LogP contribution < -0.4 is 10.1 Å². The van der Waals surface area contributed by atoms with Crippen LogP contribution in [-0.4, -0.2) is 39.6 Å². The van der Waals surface area contributed by atoms with Crippen molar-refractivity contribution in [2.45, 2.75) is 25.5 Å². The number of aryl methyl sites for hydroxylation is 1. The van der Waals surface area contributed by atoms with Gasteiger partial charge in [0.25, 0.3) is 0 Å². The highest BCUT2D eigenvalue weighted by atomic mass is 16.5. The van der Waals surface area contributed by atoms with Crippen LogP contribution in [0.2, 0.25) is 0 Å². The van der Waals surface area contributed by atoms with E-state index < -0.39 is 0 Å². The van der Waals surface area contributed by atoms with Crippen LogP contribution in [0.25, 0.3) is 0 Å². The molecule has 1 atom stereocenters. The molecule has 0 amide bonds. The van der Waals surface area contributed by atoms with Gasteiger partial charge in [0.2, 0.25) is 0 Å². The highest BCUT2D eigenvalue weighted by Gasteiger charge is 2.34. The van der Waals surface area contributed by atoms with Crippen molar-refractivity contribution in [1.29, 1.82) is 0 Å². The van der Waals surface area contributed by atoms with Gasteiger partial charge in [0.1, 0.15) is 11.4 Å². The van der Waals surface area contributed by atoms with E-state index >= 15 is 0 Å². The molecule has 1 aromatic rings. The van der Waals surface area contributed by atoms with E-state index in [1.54, 1.807) is 14.2 Å². The van der Waals surface area contributed by atoms with Crippen molar-refractivity contribution >= 4 is 0 Å². The quantitative estimate of drug-likeness (QED) is 0.853. The minimum Gasteiger partial charge on any atom is -0.496 e. The molecule has 1 unspecified atom stereocenters. The van der Waals surface area contributed by atoms with E-state index in [2.05, 4.69) is 24.4 Å². The molecule has 1 aromatic carbocycles. The fourth-order valence-electron chi connectivity index (χ4n) is 2.43. The van der Waals surface area contributed by atoms with Gasteiger partial charge in [-0.3, -0.25) is 0 Å². The number of rotatable bonds is 6. The summed E-state index contributed by atoms with van der Waals surface area (Å²) in [6.07, 6.45) is 0.946. The van der Waals surface area contributed by atoms with E-state index in [9.17, 15) is 0 Å². The lowest BCUT2D eigenvalue weighted by atomic mass is 10.0. The molecule has 19 heavy (non-hydrogen) atoms. The van der Waals surface area contributed by atoms with Crippen LogP contribution in [0.5, 0.6) is 5.75 Å². The molecule has 0 saturated carbocycles. The molecule has 1 N–H and O–H groups in total. The fraction of sp³-hybridized carbons (Fsp3) is 0.600. The summed E-state index contributed by atoms with van der Waals surface area (Å²) >= 11 is 0. The van der Waals surface area contributed by atoms with Crippen LogP contribution in [0.3, 0.4) is 0 Å². The summed E-state index contributed by atoms with van der Waals surface area (Å²) < 4.78 is 16.4. The lowest BCUT2D eigenvalue weighted by Gasteiger charge is -2.26. The van der Waals surface area contributed by atoms with E-state index in [1.165, 1.54) is 11.1 Å². The molecule has 4 heteroatoms. The van der Waals surface area contributed by atoms with Gasteiger partial charge < -0.3 is 19.5 Å². The highest BCUT2D eigenvalue weighted by Crippen LogP contribution is 2.23. The van der Waals surface area contributed by atoms with Crippen molar-refractivity contribution in [2.75, 3.05) is 34.0 Å². The van der Waals surface area contributed by atoms with Crippen molar-refractivity contribution in [3.8, 4) is 5.75 Å². The van der Waals surface area contributed by atoms with Gasteiger partial charge in [-0.05, 0) is 13.0 Å². The van der Waals surface area contributed by atoms with Gasteiger partial charge in [-0.25, -0.2) is 0 Å². The third kappa shape index (κ3) is 3.47. The van der Waals surface area contributed by atoms with Gasteiger partial charge in [0.15, 0.2) is 0 Å². The Labute approximate surface area is 115 Å². The Morgan fingerprint density at radius 2 is 2.21 bits per heavy atom. The number of hydrogen-bond acceptors (Lipinski definition) is 4. The minimum absolute atomic E-state index is 0.170. The van der Waals surface area contributed by atoms with E-state index in [4.69, 9.17) is 14.2 Å². The lowest BCUT2D eigenvalue weighted by molar-refractivity contribution is -0.0159. The summed E-state index contributed by atoms with van der Waals surface area (Å²) in [5, 5.41) is 3.45. The van der Waals surface area contributed by atoms with Gasteiger partial charge in [-0.15, -0.1) is 0 Å². The molecule has 1 aliphatic rings. The molecular formula is C15H23NO3. The number of nitrogens with one attached hydrogen (secondary N) is 1. The molecule has 106 valence electrons. The summed E-state index contributed by atoms with van der Waals surface area (Å²) in [7, 11) is 3.46. The maximum atomic E-state index is 5.60. The average Bonchev–Trinajstić information content (AvgIpc) is 2.88. The fourth-order valence-corrected chi connectivity index (χ4v) is 2.43. The molecular weight excluding hydrogens is 242 g/mol. The first-order chi connectivity index (χ1) is 9.19. The van der Waals surface area contributed by atoms with Crippen LogP contribution in [0.1, 0.15) is 17.5 Å². The Morgan fingerprint density at radius 3 is 2.84 bits per heavy atom. The van der Waals surface area contributed by atoms with Crippen LogP contribution in [0.4, 0.5) is 0 Å². The van der Waals surface area contributed by atoms with Crippen molar-refractivity contribution in [1.82, 2.24) is 5.32 Å². The van der Waals surface area contributed by atoms with Gasteiger partial charge >= 0.3 is 0 Å². The normalized spacial score (nSPS) is 22.7. The standard InChI is InChI=1S/C15H23NO3/c1-12-4-5-14(17-2)13(8-12)9-16-10-15(18-3)6-7-19-11-15/h4-5,8,16H,6-7,9-11H2,1-3H3. The molecule has 1 saturated heterocycles. The van der Waals surface area contributed by atoms with Gasteiger partial charge in [0.05, 0.1) is 13.7 Å². The van der Waals surface area contributed by atoms with E-state index in [0.717, 1.165) is 31.9 Å². The molecule has 0 radical (unpaired) electrons. The zero-order valence-corrected chi connectivity index (χ0v) is 12.0. The Kier molecular flexibility index (Phi) is 4.80. The van der Waals surface area contributed by atoms with Crippen LogP contribution >= 0.6 is 0 Å². The van der Waals surface area contributed by atoms with Crippen molar-refractivity contribution < 1.29 is 14.2 Å². The molecule has 4 nitrogen and oxygen atoms in total.